The molecule has 0 saturated heterocycles. The molecule has 78 valence electrons. The van der Waals surface area contributed by atoms with Crippen LogP contribution >= 0.6 is 0 Å². The lowest BCUT2D eigenvalue weighted by atomic mass is 10.2. The maximum absolute atomic E-state index is 13.3. The van der Waals surface area contributed by atoms with Gasteiger partial charge in [0.05, 0.1) is 12.6 Å². The van der Waals surface area contributed by atoms with Crippen LogP contribution in [-0.4, -0.2) is 17.2 Å². The molecule has 2 aromatic rings. The van der Waals surface area contributed by atoms with Gasteiger partial charge in [-0.3, -0.25) is 4.79 Å². The number of pyridine rings is 1. The van der Waals surface area contributed by atoms with Gasteiger partial charge in [0.1, 0.15) is 5.75 Å². The second kappa shape index (κ2) is 3.27. The first-order valence-corrected chi connectivity index (χ1v) is 4.21. The van der Waals surface area contributed by atoms with Crippen molar-refractivity contribution in [1.82, 2.24) is 4.98 Å². The molecule has 0 atom stereocenters. The molecular formula is C10H8FNO3. The van der Waals surface area contributed by atoms with Gasteiger partial charge in [0.15, 0.2) is 11.6 Å². The molecule has 1 aromatic carbocycles. The predicted octanol–water partition coefficient (Wildman–Crippen LogP) is 1.38. The van der Waals surface area contributed by atoms with Crippen LogP contribution in [-0.2, 0) is 0 Å². The molecule has 2 N–H and O–H groups in total. The molecule has 15 heavy (non-hydrogen) atoms. The number of nitrogens with one attached hydrogen (secondary N) is 1. The molecule has 0 unspecified atom stereocenters. The molecule has 1 heterocycles. The number of ether oxygens (including phenoxy) is 1. The Bertz CT molecular complexity index is 577. The van der Waals surface area contributed by atoms with Gasteiger partial charge in [-0.25, -0.2) is 4.39 Å². The molecule has 0 aliphatic carbocycles. The van der Waals surface area contributed by atoms with Gasteiger partial charge in [-0.1, -0.05) is 0 Å². The molecule has 1 aromatic heterocycles. The van der Waals surface area contributed by atoms with Crippen LogP contribution in [0.3, 0.4) is 0 Å². The number of benzene rings is 1. The third kappa shape index (κ3) is 1.52. The van der Waals surface area contributed by atoms with Crippen molar-refractivity contribution >= 4 is 10.9 Å². The number of fused-ring (bicyclic) bond motifs is 1. The Hall–Kier alpha value is -2.04. The Morgan fingerprint density at radius 2 is 2.13 bits per heavy atom. The summed E-state index contributed by atoms with van der Waals surface area (Å²) >= 11 is 0. The number of rotatable bonds is 1. The van der Waals surface area contributed by atoms with E-state index in [1.165, 1.54) is 13.2 Å². The van der Waals surface area contributed by atoms with Crippen molar-refractivity contribution in [2.45, 2.75) is 0 Å². The normalized spacial score (nSPS) is 10.5. The highest BCUT2D eigenvalue weighted by Gasteiger charge is 2.08. The monoisotopic (exact) mass is 209 g/mol. The number of halogens is 1. The molecule has 0 amide bonds. The SMILES string of the molecule is COc1cc2c(O)cc(=O)[nH]c2cc1F. The van der Waals surface area contributed by atoms with E-state index >= 15 is 0 Å². The summed E-state index contributed by atoms with van der Waals surface area (Å²) in [4.78, 5) is 13.4. The minimum atomic E-state index is -0.591. The molecule has 0 radical (unpaired) electrons. The highest BCUT2D eigenvalue weighted by atomic mass is 19.1. The highest BCUT2D eigenvalue weighted by Crippen LogP contribution is 2.27. The minimum Gasteiger partial charge on any atom is -0.507 e. The Labute approximate surface area is 83.9 Å². The molecular weight excluding hydrogens is 201 g/mol. The number of hydrogen-bond acceptors (Lipinski definition) is 3. The van der Waals surface area contributed by atoms with Crippen LogP contribution in [0.2, 0.25) is 0 Å². The van der Waals surface area contributed by atoms with Crippen molar-refractivity contribution in [2.75, 3.05) is 7.11 Å². The Morgan fingerprint density at radius 1 is 1.40 bits per heavy atom. The van der Waals surface area contributed by atoms with E-state index in [0.29, 0.717) is 5.39 Å². The van der Waals surface area contributed by atoms with Crippen molar-refractivity contribution in [2.24, 2.45) is 0 Å². The van der Waals surface area contributed by atoms with Gasteiger partial charge in [0.25, 0.3) is 5.56 Å². The summed E-state index contributed by atoms with van der Waals surface area (Å²) in [7, 11) is 1.33. The van der Waals surface area contributed by atoms with Gasteiger partial charge in [-0.05, 0) is 6.07 Å². The van der Waals surface area contributed by atoms with Gasteiger partial charge >= 0.3 is 0 Å². The van der Waals surface area contributed by atoms with E-state index in [4.69, 9.17) is 4.74 Å². The third-order valence-corrected chi connectivity index (χ3v) is 2.09. The maximum atomic E-state index is 13.3. The standard InChI is InChI=1S/C10H8FNO3/c1-15-9-2-5-7(3-6(9)11)12-10(14)4-8(5)13/h2-4H,1H3,(H2,12,13,14). The fourth-order valence-electron chi connectivity index (χ4n) is 1.40. The summed E-state index contributed by atoms with van der Waals surface area (Å²) in [5.74, 6) is -0.775. The average molecular weight is 209 g/mol. The molecule has 0 spiro atoms. The van der Waals surface area contributed by atoms with Crippen LogP contribution in [0.1, 0.15) is 0 Å². The molecule has 4 nitrogen and oxygen atoms in total. The zero-order valence-electron chi connectivity index (χ0n) is 7.87. The Balaban J connectivity index is 2.87. The lowest BCUT2D eigenvalue weighted by Crippen LogP contribution is -2.03. The minimum absolute atomic E-state index is 0.0184. The summed E-state index contributed by atoms with van der Waals surface area (Å²) in [5.41, 5.74) is -0.247. The fourth-order valence-corrected chi connectivity index (χ4v) is 1.40. The summed E-state index contributed by atoms with van der Waals surface area (Å²) in [6.07, 6.45) is 0. The number of H-pyrrole nitrogens is 1. The average Bonchev–Trinajstić information content (AvgIpc) is 2.16. The number of aromatic hydroxyl groups is 1. The molecule has 0 aliphatic heterocycles. The number of methoxy groups -OCH3 is 1. The largest absolute Gasteiger partial charge is 0.507 e. The van der Waals surface area contributed by atoms with E-state index in [1.54, 1.807) is 0 Å². The Kier molecular flexibility index (Phi) is 2.07. The van der Waals surface area contributed by atoms with Gasteiger partial charge in [0, 0.05) is 17.5 Å². The second-order valence-electron chi connectivity index (χ2n) is 3.05. The summed E-state index contributed by atoms with van der Waals surface area (Å²) < 4.78 is 18.0. The van der Waals surface area contributed by atoms with Gasteiger partial charge in [-0.15, -0.1) is 0 Å². The van der Waals surface area contributed by atoms with Crippen molar-refractivity contribution in [3.63, 3.8) is 0 Å². The Morgan fingerprint density at radius 3 is 2.80 bits per heavy atom. The van der Waals surface area contributed by atoms with E-state index in [1.807, 2.05) is 0 Å². The third-order valence-electron chi connectivity index (χ3n) is 2.09. The predicted molar refractivity (Wildman–Crippen MR) is 52.7 cm³/mol. The fraction of sp³-hybridized carbons (Fsp3) is 0.100. The van der Waals surface area contributed by atoms with Crippen molar-refractivity contribution in [3.05, 3.63) is 34.4 Å². The lowest BCUT2D eigenvalue weighted by molar-refractivity contribution is 0.387. The molecule has 0 saturated carbocycles. The number of aromatic amines is 1. The first-order valence-electron chi connectivity index (χ1n) is 4.21. The first-order chi connectivity index (χ1) is 7.11. The van der Waals surface area contributed by atoms with Gasteiger partial charge < -0.3 is 14.8 Å². The molecule has 2 rings (SSSR count). The van der Waals surface area contributed by atoms with Crippen molar-refractivity contribution < 1.29 is 14.2 Å². The molecule has 0 fully saturated rings. The van der Waals surface area contributed by atoms with Crippen LogP contribution in [0.25, 0.3) is 10.9 Å². The summed E-state index contributed by atoms with van der Waals surface area (Å²) in [5, 5.41) is 9.81. The van der Waals surface area contributed by atoms with E-state index < -0.39 is 11.4 Å². The quantitative estimate of drug-likeness (QED) is 0.745. The summed E-state index contributed by atoms with van der Waals surface area (Å²) in [6.45, 7) is 0. The number of aromatic nitrogens is 1. The zero-order valence-corrected chi connectivity index (χ0v) is 7.87. The van der Waals surface area contributed by atoms with Crippen LogP contribution in [0.5, 0.6) is 11.5 Å². The number of hydrogen-bond donors (Lipinski definition) is 2. The van der Waals surface area contributed by atoms with E-state index in [-0.39, 0.29) is 17.0 Å². The zero-order chi connectivity index (χ0) is 11.0. The van der Waals surface area contributed by atoms with E-state index in [2.05, 4.69) is 4.98 Å². The maximum Gasteiger partial charge on any atom is 0.252 e. The van der Waals surface area contributed by atoms with Gasteiger partial charge in [-0.2, -0.15) is 0 Å². The van der Waals surface area contributed by atoms with Crippen LogP contribution < -0.4 is 10.3 Å². The highest BCUT2D eigenvalue weighted by molar-refractivity contribution is 5.85. The van der Waals surface area contributed by atoms with E-state index in [0.717, 1.165) is 12.1 Å². The first kappa shape index (κ1) is 9.51. The molecule has 0 bridgehead atoms. The second-order valence-corrected chi connectivity index (χ2v) is 3.05. The molecule has 5 heteroatoms. The topological polar surface area (TPSA) is 62.3 Å². The van der Waals surface area contributed by atoms with Crippen molar-refractivity contribution in [3.8, 4) is 11.5 Å². The molecule has 0 aliphatic rings. The van der Waals surface area contributed by atoms with Crippen LogP contribution in [0.4, 0.5) is 4.39 Å². The van der Waals surface area contributed by atoms with Crippen molar-refractivity contribution in [1.29, 1.82) is 0 Å². The van der Waals surface area contributed by atoms with E-state index in [9.17, 15) is 14.3 Å². The van der Waals surface area contributed by atoms with Crippen LogP contribution in [0.15, 0.2) is 23.0 Å². The van der Waals surface area contributed by atoms with Crippen LogP contribution in [0, 0.1) is 5.82 Å². The summed E-state index contributed by atoms with van der Waals surface area (Å²) in [6, 6.07) is 3.46. The van der Waals surface area contributed by atoms with Gasteiger partial charge in [0.2, 0.25) is 0 Å². The lowest BCUT2D eigenvalue weighted by Gasteiger charge is -2.05. The smallest absolute Gasteiger partial charge is 0.252 e.